The van der Waals surface area contributed by atoms with E-state index in [1.807, 2.05) is 11.4 Å². The average Bonchev–Trinajstić information content (AvgIpc) is 2.47. The molecule has 0 aromatic carbocycles. The minimum atomic E-state index is -0.947. The number of rotatable bonds is 3. The molecule has 0 bridgehead atoms. The van der Waals surface area contributed by atoms with Crippen molar-refractivity contribution in [1.82, 2.24) is 5.32 Å². The van der Waals surface area contributed by atoms with Gasteiger partial charge in [0.25, 0.3) is 0 Å². The number of hydrogen-bond acceptors (Lipinski definition) is 3. The summed E-state index contributed by atoms with van der Waals surface area (Å²) in [6.07, 6.45) is -0.947. The lowest BCUT2D eigenvalue weighted by molar-refractivity contribution is -0.128. The summed E-state index contributed by atoms with van der Waals surface area (Å²) >= 11 is 4.93. The predicted molar refractivity (Wildman–Crippen MR) is 55.5 cm³/mol. The van der Waals surface area contributed by atoms with Crippen molar-refractivity contribution >= 4 is 33.2 Å². The maximum Gasteiger partial charge on any atom is 0.248 e. The molecule has 1 atom stereocenters. The van der Waals surface area contributed by atoms with Crippen LogP contribution in [0.1, 0.15) is 12.5 Å². The first-order chi connectivity index (χ1) is 6.11. The van der Waals surface area contributed by atoms with Crippen LogP contribution in [0.15, 0.2) is 15.2 Å². The van der Waals surface area contributed by atoms with Crippen LogP contribution in [-0.4, -0.2) is 17.1 Å². The summed E-state index contributed by atoms with van der Waals surface area (Å²) in [4.78, 5) is 11.0. The van der Waals surface area contributed by atoms with Crippen molar-refractivity contribution in [1.29, 1.82) is 0 Å². The molecule has 3 nitrogen and oxygen atoms in total. The van der Waals surface area contributed by atoms with Crippen LogP contribution >= 0.6 is 27.3 Å². The molecule has 1 heterocycles. The molecule has 1 amide bonds. The van der Waals surface area contributed by atoms with E-state index in [4.69, 9.17) is 5.11 Å². The second-order valence-corrected chi connectivity index (χ2v) is 4.85. The average molecular weight is 264 g/mol. The first-order valence-corrected chi connectivity index (χ1v) is 5.46. The molecule has 1 rings (SSSR count). The highest BCUT2D eigenvalue weighted by molar-refractivity contribution is 9.11. The van der Waals surface area contributed by atoms with Crippen LogP contribution < -0.4 is 5.32 Å². The number of hydrogen-bond donors (Lipinski definition) is 2. The third-order valence-electron chi connectivity index (χ3n) is 1.53. The Hall–Kier alpha value is -0.390. The first kappa shape index (κ1) is 10.7. The topological polar surface area (TPSA) is 49.3 Å². The summed E-state index contributed by atoms with van der Waals surface area (Å²) in [6, 6.07) is 1.93. The number of aliphatic hydroxyl groups is 1. The smallest absolute Gasteiger partial charge is 0.248 e. The number of carbonyl (C=O) groups is 1. The number of halogens is 1. The van der Waals surface area contributed by atoms with Gasteiger partial charge in [-0.1, -0.05) is 0 Å². The summed E-state index contributed by atoms with van der Waals surface area (Å²) in [7, 11) is 0. The van der Waals surface area contributed by atoms with E-state index in [2.05, 4.69) is 21.2 Å². The van der Waals surface area contributed by atoms with Crippen LogP contribution in [0, 0.1) is 0 Å². The second-order valence-electron chi connectivity index (χ2n) is 2.61. The molecule has 0 unspecified atom stereocenters. The Bertz CT molecular complexity index is 298. The fourth-order valence-electron chi connectivity index (χ4n) is 0.776. The fraction of sp³-hybridized carbons (Fsp3) is 0.375. The van der Waals surface area contributed by atoms with E-state index >= 15 is 0 Å². The van der Waals surface area contributed by atoms with Crippen molar-refractivity contribution in [3.8, 4) is 0 Å². The lowest BCUT2D eigenvalue weighted by Crippen LogP contribution is -2.31. The van der Waals surface area contributed by atoms with Gasteiger partial charge in [-0.05, 0) is 39.9 Å². The molecule has 0 aliphatic heterocycles. The van der Waals surface area contributed by atoms with E-state index in [0.29, 0.717) is 6.54 Å². The van der Waals surface area contributed by atoms with Crippen LogP contribution in [0.5, 0.6) is 0 Å². The SMILES string of the molecule is C[C@H](O)C(=O)NCc1ccsc1Br. The van der Waals surface area contributed by atoms with E-state index in [1.165, 1.54) is 6.92 Å². The zero-order valence-electron chi connectivity index (χ0n) is 7.08. The van der Waals surface area contributed by atoms with Crippen LogP contribution in [0.3, 0.4) is 0 Å². The first-order valence-electron chi connectivity index (χ1n) is 3.79. The second kappa shape index (κ2) is 4.74. The molecule has 0 radical (unpaired) electrons. The maximum absolute atomic E-state index is 11.0. The summed E-state index contributed by atoms with van der Waals surface area (Å²) < 4.78 is 1.01. The number of carbonyl (C=O) groups excluding carboxylic acids is 1. The van der Waals surface area contributed by atoms with Gasteiger partial charge in [-0.2, -0.15) is 0 Å². The zero-order chi connectivity index (χ0) is 9.84. The molecular formula is C8H10BrNO2S. The lowest BCUT2D eigenvalue weighted by Gasteiger charge is -2.05. The quantitative estimate of drug-likeness (QED) is 0.869. The Morgan fingerprint density at radius 3 is 3.00 bits per heavy atom. The number of thiophene rings is 1. The lowest BCUT2D eigenvalue weighted by atomic mass is 10.3. The van der Waals surface area contributed by atoms with Gasteiger partial charge in [-0.15, -0.1) is 11.3 Å². The van der Waals surface area contributed by atoms with Crippen molar-refractivity contribution in [2.75, 3.05) is 0 Å². The Morgan fingerprint density at radius 2 is 2.54 bits per heavy atom. The third kappa shape index (κ3) is 3.10. The Labute approximate surface area is 88.9 Å². The number of aliphatic hydroxyl groups excluding tert-OH is 1. The molecule has 2 N–H and O–H groups in total. The molecule has 0 fully saturated rings. The van der Waals surface area contributed by atoms with Gasteiger partial charge in [0.2, 0.25) is 5.91 Å². The molecule has 0 aliphatic carbocycles. The van der Waals surface area contributed by atoms with Gasteiger partial charge in [0.15, 0.2) is 0 Å². The van der Waals surface area contributed by atoms with Crippen molar-refractivity contribution in [2.24, 2.45) is 0 Å². The minimum Gasteiger partial charge on any atom is -0.384 e. The molecule has 5 heteroatoms. The zero-order valence-corrected chi connectivity index (χ0v) is 9.48. The molecular weight excluding hydrogens is 254 g/mol. The normalized spacial score (nSPS) is 12.5. The highest BCUT2D eigenvalue weighted by Crippen LogP contribution is 2.22. The molecule has 72 valence electrons. The van der Waals surface area contributed by atoms with E-state index < -0.39 is 6.10 Å². The van der Waals surface area contributed by atoms with Gasteiger partial charge in [-0.3, -0.25) is 4.79 Å². The molecule has 0 saturated heterocycles. The summed E-state index contributed by atoms with van der Waals surface area (Å²) in [5.41, 5.74) is 1.03. The van der Waals surface area contributed by atoms with Gasteiger partial charge in [0.1, 0.15) is 6.10 Å². The van der Waals surface area contributed by atoms with E-state index in [0.717, 1.165) is 9.35 Å². The molecule has 0 aliphatic rings. The van der Waals surface area contributed by atoms with Gasteiger partial charge in [0, 0.05) is 6.54 Å². The number of nitrogens with one attached hydrogen (secondary N) is 1. The summed E-state index contributed by atoms with van der Waals surface area (Å²) in [6.45, 7) is 1.89. The summed E-state index contributed by atoms with van der Waals surface area (Å²) in [5.74, 6) is -0.349. The van der Waals surface area contributed by atoms with Crippen molar-refractivity contribution < 1.29 is 9.90 Å². The molecule has 13 heavy (non-hydrogen) atoms. The standard InChI is InChI=1S/C8H10BrNO2S/c1-5(11)8(12)10-4-6-2-3-13-7(6)9/h2-3,5,11H,4H2,1H3,(H,10,12)/t5-/m0/s1. The van der Waals surface area contributed by atoms with E-state index in [9.17, 15) is 4.79 Å². The van der Waals surface area contributed by atoms with Gasteiger partial charge < -0.3 is 10.4 Å². The van der Waals surface area contributed by atoms with Crippen LogP contribution in [0.4, 0.5) is 0 Å². The van der Waals surface area contributed by atoms with Gasteiger partial charge >= 0.3 is 0 Å². The maximum atomic E-state index is 11.0. The molecule has 1 aromatic rings. The third-order valence-corrected chi connectivity index (χ3v) is 3.34. The van der Waals surface area contributed by atoms with Gasteiger partial charge in [-0.25, -0.2) is 0 Å². The van der Waals surface area contributed by atoms with Crippen molar-refractivity contribution in [3.05, 3.63) is 20.8 Å². The highest BCUT2D eigenvalue weighted by Gasteiger charge is 2.08. The van der Waals surface area contributed by atoms with Crippen LogP contribution in [0.2, 0.25) is 0 Å². The largest absolute Gasteiger partial charge is 0.384 e. The Kier molecular flexibility index (Phi) is 3.90. The van der Waals surface area contributed by atoms with E-state index in [-0.39, 0.29) is 5.91 Å². The van der Waals surface area contributed by atoms with Crippen LogP contribution in [-0.2, 0) is 11.3 Å². The highest BCUT2D eigenvalue weighted by atomic mass is 79.9. The van der Waals surface area contributed by atoms with E-state index in [1.54, 1.807) is 11.3 Å². The fourth-order valence-corrected chi connectivity index (χ4v) is 2.02. The number of amides is 1. The van der Waals surface area contributed by atoms with Crippen molar-refractivity contribution in [3.63, 3.8) is 0 Å². The predicted octanol–water partition coefficient (Wildman–Crippen LogP) is 1.51. The Morgan fingerprint density at radius 1 is 1.85 bits per heavy atom. The molecule has 1 aromatic heterocycles. The molecule has 0 spiro atoms. The Balaban J connectivity index is 2.44. The summed E-state index contributed by atoms with van der Waals surface area (Å²) in [5, 5.41) is 13.4. The minimum absolute atomic E-state index is 0.349. The van der Waals surface area contributed by atoms with Crippen molar-refractivity contribution in [2.45, 2.75) is 19.6 Å². The van der Waals surface area contributed by atoms with Crippen LogP contribution in [0.25, 0.3) is 0 Å². The molecule has 0 saturated carbocycles. The van der Waals surface area contributed by atoms with Gasteiger partial charge in [0.05, 0.1) is 3.79 Å². The monoisotopic (exact) mass is 263 g/mol.